The van der Waals surface area contributed by atoms with Crippen LogP contribution < -0.4 is 14.2 Å². The van der Waals surface area contributed by atoms with Crippen molar-refractivity contribution >= 4 is 22.7 Å². The number of hydrogen-bond acceptors (Lipinski definition) is 10. The monoisotopic (exact) mass is 479 g/mol. The summed E-state index contributed by atoms with van der Waals surface area (Å²) in [5.41, 5.74) is 0.554. The average Bonchev–Trinajstić information content (AvgIpc) is 2.84. The molecule has 0 bridgehead atoms. The van der Waals surface area contributed by atoms with Gasteiger partial charge in [-0.1, -0.05) is 49.6 Å². The lowest BCUT2D eigenvalue weighted by atomic mass is 10.1. The van der Waals surface area contributed by atoms with Crippen LogP contribution >= 0.6 is 0 Å². The van der Waals surface area contributed by atoms with Crippen LogP contribution in [0, 0.1) is 0 Å². The zero-order valence-corrected chi connectivity index (χ0v) is 19.5. The Balaban J connectivity index is 1.73. The Morgan fingerprint density at radius 1 is 0.714 bits per heavy atom. The molecule has 0 aliphatic carbocycles. The number of rotatable bonds is 12. The second kappa shape index (κ2) is 12.1. The fraction of sp³-hybridized carbons (Fsp3) is 0.240. The van der Waals surface area contributed by atoms with Crippen molar-refractivity contribution in [1.82, 2.24) is 15.0 Å². The SMILES string of the molecule is C=C(C)C(=O)OCCOc1nc(OCCOC(=O)C(=C)C)nc(Oc2cccc3ccccc23)n1. The van der Waals surface area contributed by atoms with E-state index in [1.165, 1.54) is 0 Å². The number of fused-ring (bicyclic) bond motifs is 1. The van der Waals surface area contributed by atoms with E-state index < -0.39 is 11.9 Å². The van der Waals surface area contributed by atoms with Crippen LogP contribution in [-0.4, -0.2) is 53.3 Å². The van der Waals surface area contributed by atoms with E-state index in [0.717, 1.165) is 10.8 Å². The van der Waals surface area contributed by atoms with Gasteiger partial charge in [0.05, 0.1) is 0 Å². The van der Waals surface area contributed by atoms with Gasteiger partial charge in [0.1, 0.15) is 32.2 Å². The Labute approximate surface area is 202 Å². The Morgan fingerprint density at radius 3 is 1.80 bits per heavy atom. The Kier molecular flexibility index (Phi) is 8.71. The van der Waals surface area contributed by atoms with Crippen molar-refractivity contribution in [3.8, 4) is 23.8 Å². The average molecular weight is 479 g/mol. The summed E-state index contributed by atoms with van der Waals surface area (Å²) in [6.45, 7) is 10.0. The van der Waals surface area contributed by atoms with Gasteiger partial charge in [0, 0.05) is 16.5 Å². The molecule has 0 N–H and O–H groups in total. The maximum atomic E-state index is 11.5. The molecule has 3 aromatic rings. The molecule has 10 heteroatoms. The van der Waals surface area contributed by atoms with Crippen molar-refractivity contribution in [2.75, 3.05) is 26.4 Å². The van der Waals surface area contributed by atoms with Gasteiger partial charge in [-0.25, -0.2) is 9.59 Å². The van der Waals surface area contributed by atoms with Crippen molar-refractivity contribution in [2.45, 2.75) is 13.8 Å². The molecule has 0 atom stereocenters. The molecule has 0 radical (unpaired) electrons. The highest BCUT2D eigenvalue weighted by atomic mass is 16.6. The first-order valence-corrected chi connectivity index (χ1v) is 10.7. The van der Waals surface area contributed by atoms with Crippen molar-refractivity contribution in [2.24, 2.45) is 0 Å². The summed E-state index contributed by atoms with van der Waals surface area (Å²) in [5.74, 6) is -0.535. The second-order valence-electron chi connectivity index (χ2n) is 7.29. The smallest absolute Gasteiger partial charge is 0.333 e. The number of aromatic nitrogens is 3. The fourth-order valence-electron chi connectivity index (χ4n) is 2.66. The van der Waals surface area contributed by atoms with E-state index in [-0.39, 0.29) is 55.6 Å². The summed E-state index contributed by atoms with van der Waals surface area (Å²) in [6, 6.07) is 13.0. The molecule has 0 saturated carbocycles. The highest BCUT2D eigenvalue weighted by Gasteiger charge is 2.13. The summed E-state index contributed by atoms with van der Waals surface area (Å²) in [6.07, 6.45) is 0. The van der Waals surface area contributed by atoms with Crippen LogP contribution in [0.3, 0.4) is 0 Å². The molecule has 0 aliphatic rings. The maximum Gasteiger partial charge on any atom is 0.333 e. The van der Waals surface area contributed by atoms with E-state index in [2.05, 4.69) is 28.1 Å². The third-order valence-corrected chi connectivity index (χ3v) is 4.32. The fourth-order valence-corrected chi connectivity index (χ4v) is 2.66. The van der Waals surface area contributed by atoms with E-state index in [4.69, 9.17) is 23.7 Å². The van der Waals surface area contributed by atoms with Crippen LogP contribution in [0.5, 0.6) is 23.8 Å². The van der Waals surface area contributed by atoms with Gasteiger partial charge in [-0.3, -0.25) is 0 Å². The summed E-state index contributed by atoms with van der Waals surface area (Å²) in [7, 11) is 0. The normalized spacial score (nSPS) is 10.3. The Bertz CT molecular complexity index is 1190. The van der Waals surface area contributed by atoms with Crippen LogP contribution in [0.2, 0.25) is 0 Å². The minimum atomic E-state index is -0.530. The largest absolute Gasteiger partial charge is 0.460 e. The first-order valence-electron chi connectivity index (χ1n) is 10.7. The number of esters is 2. The number of benzene rings is 2. The van der Waals surface area contributed by atoms with E-state index in [9.17, 15) is 9.59 Å². The molecular formula is C25H25N3O7. The summed E-state index contributed by atoms with van der Waals surface area (Å²) >= 11 is 0. The van der Waals surface area contributed by atoms with Crippen LogP contribution in [0.25, 0.3) is 10.8 Å². The highest BCUT2D eigenvalue weighted by molar-refractivity contribution is 5.88. The molecule has 0 aliphatic heterocycles. The predicted molar refractivity (Wildman–Crippen MR) is 126 cm³/mol. The van der Waals surface area contributed by atoms with Crippen molar-refractivity contribution in [1.29, 1.82) is 0 Å². The molecule has 3 rings (SSSR count). The van der Waals surface area contributed by atoms with Gasteiger partial charge in [0.15, 0.2) is 0 Å². The lowest BCUT2D eigenvalue weighted by molar-refractivity contribution is -0.140. The molecule has 2 aromatic carbocycles. The van der Waals surface area contributed by atoms with E-state index in [0.29, 0.717) is 5.75 Å². The second-order valence-corrected chi connectivity index (χ2v) is 7.29. The van der Waals surface area contributed by atoms with Crippen molar-refractivity contribution in [3.05, 3.63) is 66.8 Å². The number of nitrogens with zero attached hydrogens (tertiary/aromatic N) is 3. The first kappa shape index (κ1) is 25.2. The minimum Gasteiger partial charge on any atom is -0.460 e. The molecule has 35 heavy (non-hydrogen) atoms. The van der Waals surface area contributed by atoms with E-state index in [1.807, 2.05) is 36.4 Å². The van der Waals surface area contributed by atoms with Gasteiger partial charge in [0.25, 0.3) is 0 Å². The van der Waals surface area contributed by atoms with Crippen molar-refractivity contribution < 1.29 is 33.3 Å². The van der Waals surface area contributed by atoms with Gasteiger partial charge in [-0.15, -0.1) is 15.0 Å². The van der Waals surface area contributed by atoms with Gasteiger partial charge in [-0.05, 0) is 25.3 Å². The molecule has 0 spiro atoms. The minimum absolute atomic E-state index is 0.0214. The zero-order valence-electron chi connectivity index (χ0n) is 19.5. The number of hydrogen-bond donors (Lipinski definition) is 0. The van der Waals surface area contributed by atoms with Crippen LogP contribution in [0.1, 0.15) is 13.8 Å². The number of carbonyl (C=O) groups excluding carboxylic acids is 2. The topological polar surface area (TPSA) is 119 Å². The highest BCUT2D eigenvalue weighted by Crippen LogP contribution is 2.29. The maximum absolute atomic E-state index is 11.5. The quantitative estimate of drug-likeness (QED) is 0.215. The molecule has 1 heterocycles. The summed E-state index contributed by atoms with van der Waals surface area (Å²) in [5, 5.41) is 1.84. The van der Waals surface area contributed by atoms with Crippen molar-refractivity contribution in [3.63, 3.8) is 0 Å². The molecular weight excluding hydrogens is 454 g/mol. The Hall–Kier alpha value is -4.47. The standard InChI is InChI=1S/C25H25N3O7/c1-16(2)21(29)31-12-14-33-23-26-24(34-15-13-32-22(30)17(3)4)28-25(27-23)35-20-11-7-9-18-8-5-6-10-19(18)20/h5-11H,1,3,12-15H2,2,4H3. The van der Waals surface area contributed by atoms with Gasteiger partial charge in [0.2, 0.25) is 0 Å². The molecule has 0 unspecified atom stereocenters. The van der Waals surface area contributed by atoms with Crippen LogP contribution in [0.4, 0.5) is 0 Å². The van der Waals surface area contributed by atoms with E-state index >= 15 is 0 Å². The molecule has 182 valence electrons. The Morgan fingerprint density at radius 2 is 1.23 bits per heavy atom. The number of ether oxygens (including phenoxy) is 5. The summed E-state index contributed by atoms with van der Waals surface area (Å²) < 4.78 is 26.9. The molecule has 1 aromatic heterocycles. The lowest BCUT2D eigenvalue weighted by Crippen LogP contribution is -2.15. The lowest BCUT2D eigenvalue weighted by Gasteiger charge is -2.11. The van der Waals surface area contributed by atoms with Gasteiger partial charge < -0.3 is 23.7 Å². The van der Waals surface area contributed by atoms with Crippen LogP contribution in [-0.2, 0) is 19.1 Å². The third kappa shape index (κ3) is 7.53. The zero-order chi connectivity index (χ0) is 25.2. The van der Waals surface area contributed by atoms with E-state index in [1.54, 1.807) is 19.9 Å². The summed E-state index contributed by atoms with van der Waals surface area (Å²) in [4.78, 5) is 35.4. The molecule has 10 nitrogen and oxygen atoms in total. The molecule has 0 saturated heterocycles. The molecule has 0 amide bonds. The molecule has 0 fully saturated rings. The third-order valence-electron chi connectivity index (χ3n) is 4.32. The number of carbonyl (C=O) groups is 2. The predicted octanol–water partition coefficient (Wildman–Crippen LogP) is 3.81. The first-order chi connectivity index (χ1) is 16.8. The van der Waals surface area contributed by atoms with Gasteiger partial charge >= 0.3 is 30.0 Å². The van der Waals surface area contributed by atoms with Crippen LogP contribution in [0.15, 0.2) is 66.8 Å². The van der Waals surface area contributed by atoms with Gasteiger partial charge in [-0.2, -0.15) is 0 Å².